The molecule has 0 atom stereocenters. The Labute approximate surface area is 143 Å². The van der Waals surface area contributed by atoms with Crippen molar-refractivity contribution in [3.8, 4) is 5.75 Å². The molecule has 1 aliphatic heterocycles. The minimum absolute atomic E-state index is 0.128. The van der Waals surface area contributed by atoms with Crippen molar-refractivity contribution in [1.29, 1.82) is 0 Å². The molecule has 0 radical (unpaired) electrons. The van der Waals surface area contributed by atoms with E-state index in [4.69, 9.17) is 4.74 Å². The summed E-state index contributed by atoms with van der Waals surface area (Å²) < 4.78 is 5.48. The molecular weight excluding hydrogens is 300 g/mol. The average Bonchev–Trinajstić information content (AvgIpc) is 2.65. The Morgan fingerprint density at radius 1 is 1.21 bits per heavy atom. The maximum atomic E-state index is 12.2. The zero-order chi connectivity index (χ0) is 16.8. The molecule has 0 bridgehead atoms. The Balaban J connectivity index is 1.61. The number of methoxy groups -OCH3 is 1. The molecule has 1 amide bonds. The standard InChI is InChI=1S/C20H26N2O2/c1-24-19-8-7-16-4-2-3-5-17(16)18(19)14-22-20(23)9-6-15-10-12-21-13-11-15/h2-5,7-8,15,21H,6,9-14H2,1H3,(H,22,23). The van der Waals surface area contributed by atoms with Crippen molar-refractivity contribution in [3.05, 3.63) is 42.0 Å². The highest BCUT2D eigenvalue weighted by Gasteiger charge is 2.15. The summed E-state index contributed by atoms with van der Waals surface area (Å²) in [5, 5.41) is 8.73. The van der Waals surface area contributed by atoms with Gasteiger partial charge in [-0.3, -0.25) is 4.79 Å². The molecule has 1 heterocycles. The number of hydrogen-bond acceptors (Lipinski definition) is 3. The maximum Gasteiger partial charge on any atom is 0.220 e. The lowest BCUT2D eigenvalue weighted by Crippen LogP contribution is -2.29. The van der Waals surface area contributed by atoms with Gasteiger partial charge in [0.1, 0.15) is 5.75 Å². The highest BCUT2D eigenvalue weighted by molar-refractivity contribution is 5.88. The summed E-state index contributed by atoms with van der Waals surface area (Å²) in [5.74, 6) is 1.64. The van der Waals surface area contributed by atoms with E-state index in [1.54, 1.807) is 7.11 Å². The molecule has 2 aromatic rings. The summed E-state index contributed by atoms with van der Waals surface area (Å²) in [6, 6.07) is 12.2. The fraction of sp³-hybridized carbons (Fsp3) is 0.450. The first-order valence-electron chi connectivity index (χ1n) is 8.80. The quantitative estimate of drug-likeness (QED) is 0.857. The SMILES string of the molecule is COc1ccc2ccccc2c1CNC(=O)CCC1CCNCC1. The zero-order valence-electron chi connectivity index (χ0n) is 14.3. The number of rotatable bonds is 6. The summed E-state index contributed by atoms with van der Waals surface area (Å²) in [5.41, 5.74) is 1.05. The molecule has 0 saturated carbocycles. The molecule has 2 aromatic carbocycles. The second-order valence-corrected chi connectivity index (χ2v) is 6.48. The fourth-order valence-electron chi connectivity index (χ4n) is 3.47. The van der Waals surface area contributed by atoms with Crippen LogP contribution in [0, 0.1) is 5.92 Å². The first-order chi connectivity index (χ1) is 11.8. The lowest BCUT2D eigenvalue weighted by Gasteiger charge is -2.22. The molecule has 2 N–H and O–H groups in total. The van der Waals surface area contributed by atoms with E-state index in [2.05, 4.69) is 28.8 Å². The molecular formula is C20H26N2O2. The van der Waals surface area contributed by atoms with Crippen LogP contribution in [0.4, 0.5) is 0 Å². The van der Waals surface area contributed by atoms with Crippen LogP contribution in [0.2, 0.25) is 0 Å². The van der Waals surface area contributed by atoms with Gasteiger partial charge in [-0.05, 0) is 55.1 Å². The minimum Gasteiger partial charge on any atom is -0.496 e. The third-order valence-corrected chi connectivity index (χ3v) is 4.92. The number of ether oxygens (including phenoxy) is 1. The molecule has 3 rings (SSSR count). The summed E-state index contributed by atoms with van der Waals surface area (Å²) in [7, 11) is 1.67. The van der Waals surface area contributed by atoms with E-state index in [1.807, 2.05) is 18.2 Å². The van der Waals surface area contributed by atoms with E-state index in [1.165, 1.54) is 12.8 Å². The number of piperidine rings is 1. The predicted octanol–water partition coefficient (Wildman–Crippen LogP) is 3.24. The van der Waals surface area contributed by atoms with Crippen LogP contribution in [0.15, 0.2) is 36.4 Å². The average molecular weight is 326 g/mol. The largest absolute Gasteiger partial charge is 0.496 e. The molecule has 1 saturated heterocycles. The highest BCUT2D eigenvalue weighted by Crippen LogP contribution is 2.27. The Bertz CT molecular complexity index is 693. The minimum atomic E-state index is 0.128. The van der Waals surface area contributed by atoms with Crippen LogP contribution in [0.5, 0.6) is 5.75 Å². The van der Waals surface area contributed by atoms with Crippen molar-refractivity contribution < 1.29 is 9.53 Å². The lowest BCUT2D eigenvalue weighted by molar-refractivity contribution is -0.121. The van der Waals surface area contributed by atoms with Crippen LogP contribution in [0.3, 0.4) is 0 Å². The summed E-state index contributed by atoms with van der Waals surface area (Å²) in [6.45, 7) is 2.68. The number of amides is 1. The van der Waals surface area contributed by atoms with Crippen LogP contribution >= 0.6 is 0 Å². The smallest absolute Gasteiger partial charge is 0.220 e. The first kappa shape index (κ1) is 16.8. The van der Waals surface area contributed by atoms with Crippen molar-refractivity contribution in [2.45, 2.75) is 32.2 Å². The molecule has 1 aliphatic rings. The number of benzene rings is 2. The van der Waals surface area contributed by atoms with Gasteiger partial charge in [-0.15, -0.1) is 0 Å². The molecule has 0 aromatic heterocycles. The van der Waals surface area contributed by atoms with Crippen molar-refractivity contribution in [2.75, 3.05) is 20.2 Å². The van der Waals surface area contributed by atoms with Crippen molar-refractivity contribution in [2.24, 2.45) is 5.92 Å². The second kappa shape index (κ2) is 8.15. The van der Waals surface area contributed by atoms with Gasteiger partial charge in [0.25, 0.3) is 0 Å². The predicted molar refractivity (Wildman–Crippen MR) is 97.2 cm³/mol. The molecule has 0 unspecified atom stereocenters. The van der Waals surface area contributed by atoms with Gasteiger partial charge in [-0.1, -0.05) is 30.3 Å². The van der Waals surface area contributed by atoms with Gasteiger partial charge in [0, 0.05) is 18.5 Å². The Morgan fingerprint density at radius 2 is 2.00 bits per heavy atom. The third-order valence-electron chi connectivity index (χ3n) is 4.92. The van der Waals surface area contributed by atoms with Crippen molar-refractivity contribution in [1.82, 2.24) is 10.6 Å². The van der Waals surface area contributed by atoms with Crippen LogP contribution in [0.1, 0.15) is 31.2 Å². The molecule has 1 fully saturated rings. The van der Waals surface area contributed by atoms with Gasteiger partial charge < -0.3 is 15.4 Å². The molecule has 4 heteroatoms. The molecule has 0 aliphatic carbocycles. The van der Waals surface area contributed by atoms with Gasteiger partial charge in [-0.2, -0.15) is 0 Å². The van der Waals surface area contributed by atoms with Crippen molar-refractivity contribution >= 4 is 16.7 Å². The fourth-order valence-corrected chi connectivity index (χ4v) is 3.47. The van der Waals surface area contributed by atoms with Crippen LogP contribution in [-0.4, -0.2) is 26.1 Å². The van der Waals surface area contributed by atoms with Crippen LogP contribution in [0.25, 0.3) is 10.8 Å². The van der Waals surface area contributed by atoms with E-state index in [0.717, 1.165) is 41.6 Å². The highest BCUT2D eigenvalue weighted by atomic mass is 16.5. The van der Waals surface area contributed by atoms with Gasteiger partial charge in [0.2, 0.25) is 5.91 Å². The summed E-state index contributed by atoms with van der Waals surface area (Å²) in [6.07, 6.45) is 3.97. The van der Waals surface area contributed by atoms with Gasteiger partial charge in [-0.25, -0.2) is 0 Å². The van der Waals surface area contributed by atoms with E-state index >= 15 is 0 Å². The number of carbonyl (C=O) groups excluding carboxylic acids is 1. The maximum absolute atomic E-state index is 12.2. The van der Waals surface area contributed by atoms with Crippen LogP contribution in [-0.2, 0) is 11.3 Å². The Morgan fingerprint density at radius 3 is 2.79 bits per heavy atom. The Kier molecular flexibility index (Phi) is 5.70. The van der Waals surface area contributed by atoms with E-state index in [9.17, 15) is 4.79 Å². The first-order valence-corrected chi connectivity index (χ1v) is 8.80. The summed E-state index contributed by atoms with van der Waals surface area (Å²) in [4.78, 5) is 12.2. The molecule has 128 valence electrons. The topological polar surface area (TPSA) is 50.4 Å². The van der Waals surface area contributed by atoms with E-state index in [0.29, 0.717) is 18.9 Å². The van der Waals surface area contributed by atoms with Crippen molar-refractivity contribution in [3.63, 3.8) is 0 Å². The number of nitrogens with one attached hydrogen (secondary N) is 2. The number of fused-ring (bicyclic) bond motifs is 1. The molecule has 24 heavy (non-hydrogen) atoms. The van der Waals surface area contributed by atoms with E-state index in [-0.39, 0.29) is 5.91 Å². The monoisotopic (exact) mass is 326 g/mol. The third kappa shape index (κ3) is 4.06. The van der Waals surface area contributed by atoms with Gasteiger partial charge in [0.05, 0.1) is 7.11 Å². The number of carbonyl (C=O) groups is 1. The summed E-state index contributed by atoms with van der Waals surface area (Å²) >= 11 is 0. The molecule has 0 spiro atoms. The van der Waals surface area contributed by atoms with E-state index < -0.39 is 0 Å². The number of hydrogen-bond donors (Lipinski definition) is 2. The second-order valence-electron chi connectivity index (χ2n) is 6.48. The Hall–Kier alpha value is -2.07. The van der Waals surface area contributed by atoms with Crippen LogP contribution < -0.4 is 15.4 Å². The molecule has 4 nitrogen and oxygen atoms in total. The van der Waals surface area contributed by atoms with Gasteiger partial charge in [0.15, 0.2) is 0 Å². The zero-order valence-corrected chi connectivity index (χ0v) is 14.3. The lowest BCUT2D eigenvalue weighted by atomic mass is 9.93. The normalized spacial score (nSPS) is 15.4. The van der Waals surface area contributed by atoms with Gasteiger partial charge >= 0.3 is 0 Å².